The molecule has 1 heterocycles. The first-order chi connectivity index (χ1) is 13.6. The minimum absolute atomic E-state index is 0.240. The van der Waals surface area contributed by atoms with Crippen LogP contribution in [0.1, 0.15) is 62.0 Å². The van der Waals surface area contributed by atoms with Gasteiger partial charge in [0.05, 0.1) is 12.4 Å². The van der Waals surface area contributed by atoms with Crippen LogP contribution in [0.2, 0.25) is 0 Å². The van der Waals surface area contributed by atoms with E-state index < -0.39 is 0 Å². The standard InChI is InChI=1S/C22H31N5O/c1-4-27(5-2)18-11-12-19(16(3)13-18)26-22(28)20-14-24-21(15-23-20)25-17-9-7-6-8-10-17/h11-15,17H,4-10H2,1-3H3,(H,24,25)(H,26,28). The second-order valence-corrected chi connectivity index (χ2v) is 7.39. The van der Waals surface area contributed by atoms with Crippen LogP contribution in [0.25, 0.3) is 0 Å². The van der Waals surface area contributed by atoms with Gasteiger partial charge in [-0.1, -0.05) is 19.3 Å². The first kappa shape index (κ1) is 20.1. The number of aromatic nitrogens is 2. The van der Waals surface area contributed by atoms with Gasteiger partial charge < -0.3 is 15.5 Å². The van der Waals surface area contributed by atoms with E-state index in [0.717, 1.165) is 30.2 Å². The van der Waals surface area contributed by atoms with Gasteiger partial charge in [0.1, 0.15) is 11.5 Å². The van der Waals surface area contributed by atoms with Crippen molar-refractivity contribution in [1.82, 2.24) is 9.97 Å². The van der Waals surface area contributed by atoms with Crippen molar-refractivity contribution in [3.8, 4) is 0 Å². The maximum absolute atomic E-state index is 12.6. The molecule has 0 bridgehead atoms. The van der Waals surface area contributed by atoms with Crippen LogP contribution in [0.4, 0.5) is 17.2 Å². The van der Waals surface area contributed by atoms with E-state index in [1.807, 2.05) is 19.1 Å². The predicted octanol–water partition coefficient (Wildman–Crippen LogP) is 4.63. The van der Waals surface area contributed by atoms with Gasteiger partial charge in [0, 0.05) is 30.5 Å². The third kappa shape index (κ3) is 5.00. The van der Waals surface area contributed by atoms with Gasteiger partial charge in [-0.3, -0.25) is 4.79 Å². The SMILES string of the molecule is CCN(CC)c1ccc(NC(=O)c2cnc(NC3CCCCC3)cn2)c(C)c1. The number of rotatable bonds is 7. The zero-order chi connectivity index (χ0) is 19.9. The number of aryl methyl sites for hydroxylation is 1. The van der Waals surface area contributed by atoms with Crippen molar-refractivity contribution >= 4 is 23.1 Å². The van der Waals surface area contributed by atoms with Crippen LogP contribution in [0.3, 0.4) is 0 Å². The predicted molar refractivity (Wildman–Crippen MR) is 115 cm³/mol. The summed E-state index contributed by atoms with van der Waals surface area (Å²) < 4.78 is 0. The van der Waals surface area contributed by atoms with E-state index in [-0.39, 0.29) is 5.91 Å². The summed E-state index contributed by atoms with van der Waals surface area (Å²) in [4.78, 5) is 23.5. The van der Waals surface area contributed by atoms with Gasteiger partial charge in [0.15, 0.2) is 0 Å². The van der Waals surface area contributed by atoms with Crippen LogP contribution in [0.15, 0.2) is 30.6 Å². The number of nitrogens with one attached hydrogen (secondary N) is 2. The summed E-state index contributed by atoms with van der Waals surface area (Å²) in [7, 11) is 0. The number of hydrogen-bond donors (Lipinski definition) is 2. The number of hydrogen-bond acceptors (Lipinski definition) is 5. The summed E-state index contributed by atoms with van der Waals surface area (Å²) in [6, 6.07) is 6.56. The van der Waals surface area contributed by atoms with Gasteiger partial charge in [-0.05, 0) is 57.4 Å². The summed E-state index contributed by atoms with van der Waals surface area (Å²) in [6.07, 6.45) is 9.38. The quantitative estimate of drug-likeness (QED) is 0.732. The largest absolute Gasteiger partial charge is 0.372 e. The maximum Gasteiger partial charge on any atom is 0.275 e. The van der Waals surface area contributed by atoms with E-state index in [2.05, 4.69) is 45.4 Å². The van der Waals surface area contributed by atoms with E-state index >= 15 is 0 Å². The number of amides is 1. The molecule has 0 atom stereocenters. The summed E-state index contributed by atoms with van der Waals surface area (Å²) >= 11 is 0. The molecule has 1 fully saturated rings. The highest BCUT2D eigenvalue weighted by Crippen LogP contribution is 2.23. The minimum atomic E-state index is -0.240. The van der Waals surface area contributed by atoms with Crippen molar-refractivity contribution in [3.63, 3.8) is 0 Å². The second kappa shape index (κ2) is 9.53. The Morgan fingerprint density at radius 1 is 1.11 bits per heavy atom. The molecule has 6 heteroatoms. The lowest BCUT2D eigenvalue weighted by Gasteiger charge is -2.23. The normalized spacial score (nSPS) is 14.5. The Hall–Kier alpha value is -2.63. The first-order valence-electron chi connectivity index (χ1n) is 10.4. The van der Waals surface area contributed by atoms with Gasteiger partial charge in [-0.15, -0.1) is 0 Å². The Morgan fingerprint density at radius 2 is 1.86 bits per heavy atom. The Balaban J connectivity index is 1.62. The van der Waals surface area contributed by atoms with E-state index in [4.69, 9.17) is 0 Å². The molecule has 28 heavy (non-hydrogen) atoms. The smallest absolute Gasteiger partial charge is 0.275 e. The molecule has 0 unspecified atom stereocenters. The molecule has 0 aliphatic heterocycles. The van der Waals surface area contributed by atoms with E-state index in [1.54, 1.807) is 12.4 Å². The van der Waals surface area contributed by atoms with Crippen LogP contribution in [0, 0.1) is 6.92 Å². The molecule has 1 aliphatic rings. The van der Waals surface area contributed by atoms with Crippen molar-refractivity contribution in [1.29, 1.82) is 0 Å². The lowest BCUT2D eigenvalue weighted by molar-refractivity contribution is 0.102. The topological polar surface area (TPSA) is 70.2 Å². The number of carbonyl (C=O) groups is 1. The van der Waals surface area contributed by atoms with Crippen molar-refractivity contribution in [2.75, 3.05) is 28.6 Å². The average Bonchev–Trinajstić information content (AvgIpc) is 2.72. The fraction of sp³-hybridized carbons (Fsp3) is 0.500. The van der Waals surface area contributed by atoms with Crippen LogP contribution < -0.4 is 15.5 Å². The van der Waals surface area contributed by atoms with Gasteiger partial charge >= 0.3 is 0 Å². The van der Waals surface area contributed by atoms with Crippen LogP contribution in [-0.2, 0) is 0 Å². The van der Waals surface area contributed by atoms with Crippen molar-refractivity contribution in [3.05, 3.63) is 41.9 Å². The Kier molecular flexibility index (Phi) is 6.85. The molecule has 3 rings (SSSR count). The lowest BCUT2D eigenvalue weighted by Crippen LogP contribution is -2.23. The summed E-state index contributed by atoms with van der Waals surface area (Å²) in [5.74, 6) is 0.499. The minimum Gasteiger partial charge on any atom is -0.372 e. The molecule has 150 valence electrons. The molecule has 1 saturated carbocycles. The average molecular weight is 382 g/mol. The third-order valence-electron chi connectivity index (χ3n) is 5.43. The number of carbonyl (C=O) groups excluding carboxylic acids is 1. The molecule has 2 N–H and O–H groups in total. The highest BCUT2D eigenvalue weighted by atomic mass is 16.1. The summed E-state index contributed by atoms with van der Waals surface area (Å²) in [6.45, 7) is 8.20. The molecule has 1 aromatic heterocycles. The Labute approximate surface area is 167 Å². The molecule has 1 amide bonds. The molecule has 0 spiro atoms. The highest BCUT2D eigenvalue weighted by molar-refractivity contribution is 6.03. The Bertz CT molecular complexity index is 780. The van der Waals surface area contributed by atoms with Gasteiger partial charge in [0.2, 0.25) is 0 Å². The maximum atomic E-state index is 12.6. The van der Waals surface area contributed by atoms with Crippen molar-refractivity contribution in [2.24, 2.45) is 0 Å². The first-order valence-corrected chi connectivity index (χ1v) is 10.4. The molecule has 1 aromatic carbocycles. The number of benzene rings is 1. The van der Waals surface area contributed by atoms with E-state index in [0.29, 0.717) is 11.7 Å². The fourth-order valence-corrected chi connectivity index (χ4v) is 3.74. The Morgan fingerprint density at radius 3 is 2.46 bits per heavy atom. The summed E-state index contributed by atoms with van der Waals surface area (Å²) in [5, 5.41) is 6.37. The van der Waals surface area contributed by atoms with Crippen LogP contribution in [0.5, 0.6) is 0 Å². The van der Waals surface area contributed by atoms with E-state index in [9.17, 15) is 4.79 Å². The van der Waals surface area contributed by atoms with Crippen LogP contribution in [-0.4, -0.2) is 35.0 Å². The highest BCUT2D eigenvalue weighted by Gasteiger charge is 2.15. The molecule has 0 saturated heterocycles. The van der Waals surface area contributed by atoms with E-state index in [1.165, 1.54) is 37.8 Å². The lowest BCUT2D eigenvalue weighted by atomic mass is 9.96. The molecule has 0 radical (unpaired) electrons. The van der Waals surface area contributed by atoms with Gasteiger partial charge in [-0.25, -0.2) is 9.97 Å². The number of anilines is 3. The fourth-order valence-electron chi connectivity index (χ4n) is 3.74. The molecular formula is C22H31N5O. The number of nitrogens with zero attached hydrogens (tertiary/aromatic N) is 3. The van der Waals surface area contributed by atoms with Crippen LogP contribution >= 0.6 is 0 Å². The zero-order valence-electron chi connectivity index (χ0n) is 17.2. The van der Waals surface area contributed by atoms with Crippen molar-refractivity contribution < 1.29 is 4.79 Å². The molecular weight excluding hydrogens is 350 g/mol. The molecule has 6 nitrogen and oxygen atoms in total. The summed E-state index contributed by atoms with van der Waals surface area (Å²) in [5.41, 5.74) is 3.31. The molecule has 1 aliphatic carbocycles. The second-order valence-electron chi connectivity index (χ2n) is 7.39. The van der Waals surface area contributed by atoms with Gasteiger partial charge in [0.25, 0.3) is 5.91 Å². The monoisotopic (exact) mass is 381 g/mol. The third-order valence-corrected chi connectivity index (χ3v) is 5.43. The zero-order valence-corrected chi connectivity index (χ0v) is 17.2. The van der Waals surface area contributed by atoms with Gasteiger partial charge in [-0.2, -0.15) is 0 Å². The molecule has 2 aromatic rings. The van der Waals surface area contributed by atoms with Crippen molar-refractivity contribution in [2.45, 2.75) is 58.9 Å².